The Kier molecular flexibility index (Phi) is 5.80. The van der Waals surface area contributed by atoms with E-state index < -0.39 is 40.3 Å². The lowest BCUT2D eigenvalue weighted by Crippen LogP contribution is -2.66. The number of Topliss-reactive ketones (excluding diaryl/α,β-unsaturated/α-hetero) is 1. The normalized spacial score (nSPS) is 22.1. The molecule has 1 aromatic carbocycles. The number of aromatic nitrogens is 1. The molecular weight excluding hydrogens is 471 g/mol. The number of carbonyl (C=O) groups excluding carboxylic acids is 3. The monoisotopic (exact) mass is 491 g/mol. The Morgan fingerprint density at radius 3 is 2.47 bits per heavy atom. The van der Waals surface area contributed by atoms with Gasteiger partial charge in [-0.05, 0) is 35.6 Å². The Balaban J connectivity index is 1.89. The second-order valence-electron chi connectivity index (χ2n) is 9.20. The van der Waals surface area contributed by atoms with Gasteiger partial charge in [-0.2, -0.15) is 13.2 Å². The fraction of sp³-hybridized carbons (Fsp3) is 0.333. The lowest BCUT2D eigenvalue weighted by Gasteiger charge is -2.35. The van der Waals surface area contributed by atoms with Crippen LogP contribution < -0.4 is 5.32 Å². The molecule has 1 N–H and O–H groups in total. The average Bonchev–Trinajstić information content (AvgIpc) is 2.97. The minimum atomic E-state index is -5.29. The zero-order chi connectivity index (χ0) is 24.9. The topological polar surface area (TPSA) is 79.4 Å². The Labute approximate surface area is 198 Å². The van der Waals surface area contributed by atoms with Gasteiger partial charge in [0, 0.05) is 24.5 Å². The molecule has 34 heavy (non-hydrogen) atoms. The minimum absolute atomic E-state index is 0.0353. The molecule has 0 fully saturated rings. The van der Waals surface area contributed by atoms with E-state index in [0.717, 1.165) is 4.90 Å². The number of alkyl halides is 3. The van der Waals surface area contributed by atoms with Crippen molar-refractivity contribution in [3.05, 3.63) is 76.2 Å². The van der Waals surface area contributed by atoms with Crippen molar-refractivity contribution >= 4 is 29.2 Å². The van der Waals surface area contributed by atoms with Crippen molar-refractivity contribution in [2.45, 2.75) is 44.9 Å². The third kappa shape index (κ3) is 3.87. The van der Waals surface area contributed by atoms with Gasteiger partial charge < -0.3 is 10.2 Å². The third-order valence-electron chi connectivity index (χ3n) is 6.03. The highest BCUT2D eigenvalue weighted by molar-refractivity contribution is 6.34. The first-order valence-electron chi connectivity index (χ1n) is 10.5. The highest BCUT2D eigenvalue weighted by Crippen LogP contribution is 2.52. The number of pyridine rings is 1. The molecule has 1 unspecified atom stereocenters. The van der Waals surface area contributed by atoms with Crippen molar-refractivity contribution in [3.63, 3.8) is 0 Å². The summed E-state index contributed by atoms with van der Waals surface area (Å²) < 4.78 is 44.4. The largest absolute Gasteiger partial charge is 0.425 e. The van der Waals surface area contributed by atoms with Crippen LogP contribution in [0.25, 0.3) is 0 Å². The average molecular weight is 492 g/mol. The van der Waals surface area contributed by atoms with Crippen LogP contribution in [0.1, 0.15) is 42.6 Å². The number of amides is 2. The molecule has 2 heterocycles. The zero-order valence-corrected chi connectivity index (χ0v) is 19.1. The van der Waals surface area contributed by atoms with Crippen molar-refractivity contribution in [1.29, 1.82) is 0 Å². The van der Waals surface area contributed by atoms with Crippen LogP contribution in [-0.4, -0.2) is 39.2 Å². The number of allylic oxidation sites excluding steroid dienone is 1. The summed E-state index contributed by atoms with van der Waals surface area (Å²) in [6.45, 7) is 3.27. The van der Waals surface area contributed by atoms with Crippen molar-refractivity contribution < 1.29 is 27.6 Å². The van der Waals surface area contributed by atoms with Gasteiger partial charge in [0.15, 0.2) is 5.78 Å². The molecule has 2 aromatic rings. The summed E-state index contributed by atoms with van der Waals surface area (Å²) in [5.74, 6) is -3.46. The van der Waals surface area contributed by atoms with Crippen molar-refractivity contribution in [1.82, 2.24) is 15.2 Å². The van der Waals surface area contributed by atoms with Crippen LogP contribution in [-0.2, 0) is 16.1 Å². The Morgan fingerprint density at radius 1 is 1.15 bits per heavy atom. The molecule has 4 rings (SSSR count). The molecule has 1 atom stereocenters. The molecule has 178 valence electrons. The first-order chi connectivity index (χ1) is 15.9. The van der Waals surface area contributed by atoms with E-state index in [0.29, 0.717) is 5.56 Å². The van der Waals surface area contributed by atoms with Crippen LogP contribution in [0, 0.1) is 5.41 Å². The highest BCUT2D eigenvalue weighted by Gasteiger charge is 2.71. The molecule has 6 nitrogen and oxygen atoms in total. The van der Waals surface area contributed by atoms with Crippen molar-refractivity contribution in [2.24, 2.45) is 5.41 Å². The van der Waals surface area contributed by atoms with Gasteiger partial charge in [-0.3, -0.25) is 19.4 Å². The first-order valence-corrected chi connectivity index (χ1v) is 10.9. The zero-order valence-electron chi connectivity index (χ0n) is 18.4. The summed E-state index contributed by atoms with van der Waals surface area (Å²) in [4.78, 5) is 44.6. The maximum atomic E-state index is 14.8. The smallest absolute Gasteiger partial charge is 0.326 e. The van der Waals surface area contributed by atoms with E-state index in [1.54, 1.807) is 26.0 Å². The highest BCUT2D eigenvalue weighted by atomic mass is 35.5. The summed E-state index contributed by atoms with van der Waals surface area (Å²) in [6.07, 6.45) is -2.50. The van der Waals surface area contributed by atoms with Crippen LogP contribution in [0.15, 0.2) is 60.1 Å². The second kappa shape index (κ2) is 8.23. The number of rotatable bonds is 4. The lowest BCUT2D eigenvalue weighted by molar-refractivity contribution is -0.190. The molecule has 2 amide bonds. The third-order valence-corrected chi connectivity index (χ3v) is 6.36. The van der Waals surface area contributed by atoms with Crippen LogP contribution in [0.2, 0.25) is 5.02 Å². The number of benzene rings is 1. The number of nitrogens with zero attached hydrogens (tertiary/aromatic N) is 2. The summed E-state index contributed by atoms with van der Waals surface area (Å²) in [7, 11) is 0. The van der Waals surface area contributed by atoms with Crippen LogP contribution in [0.5, 0.6) is 0 Å². The molecule has 1 aliphatic heterocycles. The molecule has 0 saturated carbocycles. The lowest BCUT2D eigenvalue weighted by atomic mass is 9.72. The van der Waals surface area contributed by atoms with Crippen molar-refractivity contribution in [2.75, 3.05) is 0 Å². The number of ketones is 1. The molecular formula is C24H21ClF3N3O3. The number of hydrogen-bond acceptors (Lipinski definition) is 4. The van der Waals surface area contributed by atoms with Crippen molar-refractivity contribution in [3.8, 4) is 0 Å². The van der Waals surface area contributed by atoms with E-state index >= 15 is 0 Å². The van der Waals surface area contributed by atoms with Gasteiger partial charge in [0.2, 0.25) is 5.54 Å². The van der Waals surface area contributed by atoms with Crippen LogP contribution in [0.4, 0.5) is 13.2 Å². The Morgan fingerprint density at radius 2 is 1.85 bits per heavy atom. The summed E-state index contributed by atoms with van der Waals surface area (Å²) in [5, 5.41) is 1.79. The van der Waals surface area contributed by atoms with Gasteiger partial charge in [-0.15, -0.1) is 0 Å². The van der Waals surface area contributed by atoms with Gasteiger partial charge in [-0.1, -0.05) is 43.6 Å². The maximum absolute atomic E-state index is 14.8. The van der Waals surface area contributed by atoms with Gasteiger partial charge in [0.05, 0.1) is 22.7 Å². The first kappa shape index (κ1) is 23.9. The van der Waals surface area contributed by atoms with E-state index in [4.69, 9.17) is 11.6 Å². The number of halogens is 4. The van der Waals surface area contributed by atoms with Crippen LogP contribution in [0.3, 0.4) is 0 Å². The predicted octanol–water partition coefficient (Wildman–Crippen LogP) is 4.45. The number of carbonyl (C=O) groups is 3. The van der Waals surface area contributed by atoms with Gasteiger partial charge in [0.1, 0.15) is 0 Å². The van der Waals surface area contributed by atoms with E-state index in [2.05, 4.69) is 4.98 Å². The van der Waals surface area contributed by atoms with E-state index in [1.165, 1.54) is 36.7 Å². The van der Waals surface area contributed by atoms with Crippen LogP contribution >= 0.6 is 11.6 Å². The molecule has 10 heteroatoms. The summed E-state index contributed by atoms with van der Waals surface area (Å²) in [6, 6.07) is 8.76. The molecule has 0 radical (unpaired) electrons. The molecule has 1 aromatic heterocycles. The Hall–Kier alpha value is -3.20. The van der Waals surface area contributed by atoms with E-state index in [-0.39, 0.29) is 35.7 Å². The quantitative estimate of drug-likeness (QED) is 0.685. The number of nitrogens with one attached hydrogen (secondary N) is 1. The SMILES string of the molecule is CC1(C)CC(=O)C2=C(C1)N(Cc1cccnc1)C(=O)C2(NC(=O)c1ccccc1Cl)C(F)(F)F. The van der Waals surface area contributed by atoms with Gasteiger partial charge >= 0.3 is 6.18 Å². The molecule has 1 aliphatic carbocycles. The summed E-state index contributed by atoms with van der Waals surface area (Å²) in [5.41, 5.74) is -4.71. The number of hydrogen-bond donors (Lipinski definition) is 1. The fourth-order valence-electron chi connectivity index (χ4n) is 4.55. The minimum Gasteiger partial charge on any atom is -0.326 e. The summed E-state index contributed by atoms with van der Waals surface area (Å²) >= 11 is 6.02. The molecule has 0 saturated heterocycles. The Bertz CT molecular complexity index is 1210. The predicted molar refractivity (Wildman–Crippen MR) is 118 cm³/mol. The van der Waals surface area contributed by atoms with E-state index in [9.17, 15) is 27.6 Å². The van der Waals surface area contributed by atoms with E-state index in [1.807, 2.05) is 5.32 Å². The van der Waals surface area contributed by atoms with Gasteiger partial charge in [0.25, 0.3) is 11.8 Å². The molecule has 2 aliphatic rings. The fourth-order valence-corrected chi connectivity index (χ4v) is 4.77. The second-order valence-corrected chi connectivity index (χ2v) is 9.60. The van der Waals surface area contributed by atoms with Gasteiger partial charge in [-0.25, -0.2) is 0 Å². The standard InChI is InChI=1S/C24H21ClF3N3O3/c1-22(2)10-17-19(18(32)11-22)23(24(26,27)28,30-20(33)15-7-3-4-8-16(15)25)21(34)31(17)13-14-6-5-9-29-12-14/h3-9,12H,10-11,13H2,1-2H3,(H,30,33). The maximum Gasteiger partial charge on any atom is 0.425 e. The molecule has 0 spiro atoms. The molecule has 0 bridgehead atoms.